The third-order valence-electron chi connectivity index (χ3n) is 2.08. The van der Waals surface area contributed by atoms with E-state index in [-0.39, 0.29) is 0 Å². The van der Waals surface area contributed by atoms with Crippen molar-refractivity contribution in [1.82, 2.24) is 10.2 Å². The predicted molar refractivity (Wildman–Crippen MR) is 64.6 cm³/mol. The molecular formula is C11H13N3OS. The molecule has 2 rings (SSSR count). The van der Waals surface area contributed by atoms with E-state index in [1.54, 1.807) is 18.7 Å². The molecule has 5 heteroatoms. The Balaban J connectivity index is 1.99. The maximum absolute atomic E-state index is 5.27. The number of thioether (sulfide) groups is 1. The van der Waals surface area contributed by atoms with E-state index in [1.807, 2.05) is 12.1 Å². The summed E-state index contributed by atoms with van der Waals surface area (Å²) in [5.41, 5.74) is 1.06. The molecule has 0 aliphatic carbocycles. The molecule has 0 unspecified atom stereocenters. The molecular weight excluding hydrogens is 222 g/mol. The van der Waals surface area contributed by atoms with E-state index in [4.69, 9.17) is 4.42 Å². The van der Waals surface area contributed by atoms with Gasteiger partial charge in [0.05, 0.1) is 6.54 Å². The fourth-order valence-electron chi connectivity index (χ4n) is 1.32. The quantitative estimate of drug-likeness (QED) is 0.826. The van der Waals surface area contributed by atoms with E-state index in [0.29, 0.717) is 18.3 Å². The molecule has 1 aromatic heterocycles. The molecule has 0 fully saturated rings. The van der Waals surface area contributed by atoms with Gasteiger partial charge in [-0.3, -0.25) is 0 Å². The van der Waals surface area contributed by atoms with Crippen molar-refractivity contribution in [2.45, 2.75) is 18.4 Å². The van der Waals surface area contributed by atoms with Crippen molar-refractivity contribution in [2.24, 2.45) is 0 Å². The van der Waals surface area contributed by atoms with E-state index in [2.05, 4.69) is 33.9 Å². The first-order valence-corrected chi connectivity index (χ1v) is 6.17. The second-order valence-corrected chi connectivity index (χ2v) is 4.18. The Hall–Kier alpha value is -1.49. The molecule has 4 nitrogen and oxygen atoms in total. The van der Waals surface area contributed by atoms with E-state index < -0.39 is 0 Å². The first-order chi connectivity index (χ1) is 7.78. The van der Waals surface area contributed by atoms with Gasteiger partial charge in [0.1, 0.15) is 0 Å². The van der Waals surface area contributed by atoms with Crippen LogP contribution >= 0.6 is 11.8 Å². The highest BCUT2D eigenvalue weighted by Gasteiger charge is 2.01. The van der Waals surface area contributed by atoms with Gasteiger partial charge in [-0.2, -0.15) is 0 Å². The molecule has 0 amide bonds. The van der Waals surface area contributed by atoms with Crippen LogP contribution < -0.4 is 5.32 Å². The van der Waals surface area contributed by atoms with Crippen LogP contribution in [0.3, 0.4) is 0 Å². The SMILES string of the molecule is CSc1cccc(NCc2nnc(C)o2)c1. The molecule has 0 saturated carbocycles. The van der Waals surface area contributed by atoms with Gasteiger partial charge >= 0.3 is 0 Å². The van der Waals surface area contributed by atoms with Crippen LogP contribution in [0.5, 0.6) is 0 Å². The summed E-state index contributed by atoms with van der Waals surface area (Å²) < 4.78 is 5.27. The molecule has 16 heavy (non-hydrogen) atoms. The Morgan fingerprint density at radius 3 is 2.94 bits per heavy atom. The van der Waals surface area contributed by atoms with E-state index in [0.717, 1.165) is 5.69 Å². The zero-order chi connectivity index (χ0) is 11.4. The first-order valence-electron chi connectivity index (χ1n) is 4.95. The number of hydrogen-bond acceptors (Lipinski definition) is 5. The van der Waals surface area contributed by atoms with Crippen molar-refractivity contribution in [3.8, 4) is 0 Å². The lowest BCUT2D eigenvalue weighted by molar-refractivity contribution is 0.475. The minimum absolute atomic E-state index is 0.554. The fraction of sp³-hybridized carbons (Fsp3) is 0.273. The molecule has 1 N–H and O–H groups in total. The average molecular weight is 235 g/mol. The second-order valence-electron chi connectivity index (χ2n) is 3.30. The van der Waals surface area contributed by atoms with Gasteiger partial charge in [0.15, 0.2) is 0 Å². The second kappa shape index (κ2) is 5.03. The van der Waals surface area contributed by atoms with Crippen LogP contribution in [-0.2, 0) is 6.54 Å². The van der Waals surface area contributed by atoms with Gasteiger partial charge in [-0.15, -0.1) is 22.0 Å². The van der Waals surface area contributed by atoms with Crippen molar-refractivity contribution >= 4 is 17.4 Å². The molecule has 0 radical (unpaired) electrons. The lowest BCUT2D eigenvalue weighted by atomic mass is 10.3. The number of aryl methyl sites for hydroxylation is 1. The van der Waals surface area contributed by atoms with E-state index >= 15 is 0 Å². The predicted octanol–water partition coefficient (Wildman–Crippen LogP) is 2.71. The maximum atomic E-state index is 5.27. The maximum Gasteiger partial charge on any atom is 0.235 e. The van der Waals surface area contributed by atoms with Crippen molar-refractivity contribution in [3.05, 3.63) is 36.0 Å². The molecule has 0 atom stereocenters. The van der Waals surface area contributed by atoms with Gasteiger partial charge in [-0.1, -0.05) is 6.07 Å². The van der Waals surface area contributed by atoms with E-state index in [9.17, 15) is 0 Å². The summed E-state index contributed by atoms with van der Waals surface area (Å²) in [5, 5.41) is 10.9. The van der Waals surface area contributed by atoms with Crippen molar-refractivity contribution in [3.63, 3.8) is 0 Å². The van der Waals surface area contributed by atoms with Crippen molar-refractivity contribution < 1.29 is 4.42 Å². The first kappa shape index (κ1) is 11.0. The van der Waals surface area contributed by atoms with Crippen LogP contribution in [0.4, 0.5) is 5.69 Å². The van der Waals surface area contributed by atoms with Crippen LogP contribution in [0.15, 0.2) is 33.6 Å². The number of hydrogen-bond donors (Lipinski definition) is 1. The van der Waals surface area contributed by atoms with Crippen molar-refractivity contribution in [2.75, 3.05) is 11.6 Å². The summed E-state index contributed by atoms with van der Waals surface area (Å²) in [6.45, 7) is 2.34. The standard InChI is InChI=1S/C11H13N3OS/c1-8-13-14-11(15-8)7-12-9-4-3-5-10(6-9)16-2/h3-6,12H,7H2,1-2H3. The summed E-state index contributed by atoms with van der Waals surface area (Å²) in [7, 11) is 0. The number of aromatic nitrogens is 2. The number of benzene rings is 1. The minimum atomic E-state index is 0.554. The lowest BCUT2D eigenvalue weighted by Gasteiger charge is -2.04. The van der Waals surface area contributed by atoms with Gasteiger partial charge in [-0.05, 0) is 24.5 Å². The zero-order valence-corrected chi connectivity index (χ0v) is 10.0. The van der Waals surface area contributed by atoms with Gasteiger partial charge in [0.2, 0.25) is 11.8 Å². The van der Waals surface area contributed by atoms with Crippen LogP contribution in [0.1, 0.15) is 11.8 Å². The summed E-state index contributed by atoms with van der Waals surface area (Å²) in [6.07, 6.45) is 2.06. The summed E-state index contributed by atoms with van der Waals surface area (Å²) in [5.74, 6) is 1.20. The minimum Gasteiger partial charge on any atom is -0.424 e. The molecule has 1 aromatic carbocycles. The summed E-state index contributed by atoms with van der Waals surface area (Å²) in [4.78, 5) is 1.23. The third kappa shape index (κ3) is 2.76. The monoisotopic (exact) mass is 235 g/mol. The third-order valence-corrected chi connectivity index (χ3v) is 2.81. The van der Waals surface area contributed by atoms with Gasteiger partial charge < -0.3 is 9.73 Å². The number of nitrogens with one attached hydrogen (secondary N) is 1. The van der Waals surface area contributed by atoms with Gasteiger partial charge in [-0.25, -0.2) is 0 Å². The Labute approximate surface area is 98.5 Å². The fourth-order valence-corrected chi connectivity index (χ4v) is 1.78. The van der Waals surface area contributed by atoms with E-state index in [1.165, 1.54) is 4.90 Å². The normalized spacial score (nSPS) is 10.4. The molecule has 0 aliphatic heterocycles. The van der Waals surface area contributed by atoms with Crippen LogP contribution in [0, 0.1) is 6.92 Å². The molecule has 0 spiro atoms. The number of anilines is 1. The Morgan fingerprint density at radius 1 is 1.38 bits per heavy atom. The van der Waals surface area contributed by atoms with Crippen LogP contribution in [0.2, 0.25) is 0 Å². The molecule has 0 bridgehead atoms. The largest absolute Gasteiger partial charge is 0.424 e. The van der Waals surface area contributed by atoms with Crippen LogP contribution in [0.25, 0.3) is 0 Å². The number of rotatable bonds is 4. The van der Waals surface area contributed by atoms with Gasteiger partial charge in [0.25, 0.3) is 0 Å². The average Bonchev–Trinajstić information content (AvgIpc) is 2.73. The molecule has 1 heterocycles. The summed E-state index contributed by atoms with van der Waals surface area (Å²) >= 11 is 1.72. The topological polar surface area (TPSA) is 51.0 Å². The van der Waals surface area contributed by atoms with Gasteiger partial charge in [0, 0.05) is 17.5 Å². The molecule has 0 aliphatic rings. The number of nitrogens with zero attached hydrogens (tertiary/aromatic N) is 2. The smallest absolute Gasteiger partial charge is 0.235 e. The highest BCUT2D eigenvalue weighted by atomic mass is 32.2. The molecule has 84 valence electrons. The summed E-state index contributed by atoms with van der Waals surface area (Å²) in [6, 6.07) is 8.21. The Bertz CT molecular complexity index is 470. The molecule has 0 saturated heterocycles. The Kier molecular flexibility index (Phi) is 3.46. The molecule has 2 aromatic rings. The Morgan fingerprint density at radius 2 is 2.25 bits per heavy atom. The zero-order valence-electron chi connectivity index (χ0n) is 9.23. The highest BCUT2D eigenvalue weighted by Crippen LogP contribution is 2.19. The van der Waals surface area contributed by atoms with Crippen molar-refractivity contribution in [1.29, 1.82) is 0 Å². The lowest BCUT2D eigenvalue weighted by Crippen LogP contribution is -1.99. The highest BCUT2D eigenvalue weighted by molar-refractivity contribution is 7.98. The van der Waals surface area contributed by atoms with Crippen LogP contribution in [-0.4, -0.2) is 16.5 Å².